The predicted octanol–water partition coefficient (Wildman–Crippen LogP) is 2.04. The van der Waals surface area contributed by atoms with Gasteiger partial charge in [-0.3, -0.25) is 0 Å². The molecule has 0 radical (unpaired) electrons. The number of nitrogens with one attached hydrogen (secondary N) is 1. The monoisotopic (exact) mass is 283 g/mol. The number of hydrogen-bond donors (Lipinski definition) is 1. The number of rotatable bonds is 11. The van der Waals surface area contributed by atoms with Crippen molar-refractivity contribution >= 4 is 5.82 Å². The molecule has 0 atom stereocenters. The fourth-order valence-electron chi connectivity index (χ4n) is 1.54. The van der Waals surface area contributed by atoms with Crippen molar-refractivity contribution in [2.24, 2.45) is 0 Å². The molecule has 0 bridgehead atoms. The van der Waals surface area contributed by atoms with Crippen molar-refractivity contribution < 1.29 is 14.2 Å². The van der Waals surface area contributed by atoms with Crippen molar-refractivity contribution in [2.45, 2.75) is 26.7 Å². The molecule has 0 unspecified atom stereocenters. The van der Waals surface area contributed by atoms with Crippen molar-refractivity contribution in [3.8, 4) is 5.88 Å². The molecule has 0 aliphatic rings. The Labute approximate surface area is 120 Å². The Morgan fingerprint density at radius 2 is 2.00 bits per heavy atom. The highest BCUT2D eigenvalue weighted by Gasteiger charge is 2.02. The van der Waals surface area contributed by atoms with Gasteiger partial charge >= 0.3 is 0 Å². The molecule has 0 spiro atoms. The second-order valence-corrected chi connectivity index (χ2v) is 4.37. The number of methoxy groups -OCH3 is 1. The number of hydrogen-bond acceptors (Lipinski definition) is 6. The van der Waals surface area contributed by atoms with Gasteiger partial charge in [0.1, 0.15) is 11.6 Å². The molecule has 0 aliphatic carbocycles. The Kier molecular flexibility index (Phi) is 8.66. The summed E-state index contributed by atoms with van der Waals surface area (Å²) in [4.78, 5) is 8.56. The quantitative estimate of drug-likeness (QED) is 0.627. The third-order valence-corrected chi connectivity index (χ3v) is 2.49. The van der Waals surface area contributed by atoms with E-state index in [0.29, 0.717) is 38.1 Å². The molecule has 0 amide bonds. The minimum Gasteiger partial charge on any atom is -0.477 e. The first-order valence-electron chi connectivity index (χ1n) is 7.05. The fraction of sp³-hybridized carbons (Fsp3) is 0.714. The zero-order chi connectivity index (χ0) is 14.6. The Balaban J connectivity index is 2.26. The zero-order valence-electron chi connectivity index (χ0n) is 12.6. The van der Waals surface area contributed by atoms with Crippen LogP contribution in [0, 0.1) is 6.92 Å². The van der Waals surface area contributed by atoms with E-state index < -0.39 is 0 Å². The lowest BCUT2D eigenvalue weighted by Crippen LogP contribution is -2.09. The van der Waals surface area contributed by atoms with E-state index in [2.05, 4.69) is 22.2 Å². The lowest BCUT2D eigenvalue weighted by atomic mass is 10.4. The van der Waals surface area contributed by atoms with Crippen LogP contribution in [0.2, 0.25) is 0 Å². The van der Waals surface area contributed by atoms with Crippen LogP contribution in [0.4, 0.5) is 5.82 Å². The highest BCUT2D eigenvalue weighted by Crippen LogP contribution is 2.13. The molecule has 114 valence electrons. The third-order valence-electron chi connectivity index (χ3n) is 2.49. The lowest BCUT2D eigenvalue weighted by Gasteiger charge is -2.09. The summed E-state index contributed by atoms with van der Waals surface area (Å²) in [6, 6.07) is 1.83. The van der Waals surface area contributed by atoms with Gasteiger partial charge in [-0.15, -0.1) is 0 Å². The molecule has 0 fully saturated rings. The number of aryl methyl sites for hydroxylation is 1. The summed E-state index contributed by atoms with van der Waals surface area (Å²) < 4.78 is 15.9. The number of ether oxygens (including phenoxy) is 3. The van der Waals surface area contributed by atoms with Crippen molar-refractivity contribution in [1.29, 1.82) is 0 Å². The van der Waals surface area contributed by atoms with Crippen LogP contribution in [0.5, 0.6) is 5.88 Å². The van der Waals surface area contributed by atoms with Crippen LogP contribution in [0.15, 0.2) is 6.07 Å². The van der Waals surface area contributed by atoms with Gasteiger partial charge in [0.15, 0.2) is 0 Å². The highest BCUT2D eigenvalue weighted by atomic mass is 16.5. The normalized spacial score (nSPS) is 10.6. The van der Waals surface area contributed by atoms with Gasteiger partial charge in [-0.05, 0) is 13.3 Å². The van der Waals surface area contributed by atoms with Crippen LogP contribution in [-0.2, 0) is 9.47 Å². The van der Waals surface area contributed by atoms with E-state index in [1.165, 1.54) is 0 Å². The number of nitrogens with zero attached hydrogens (tertiary/aromatic N) is 2. The smallest absolute Gasteiger partial charge is 0.218 e. The van der Waals surface area contributed by atoms with Gasteiger partial charge in [0.05, 0.1) is 19.8 Å². The summed E-state index contributed by atoms with van der Waals surface area (Å²) in [7, 11) is 1.66. The lowest BCUT2D eigenvalue weighted by molar-refractivity contribution is 0.0642. The van der Waals surface area contributed by atoms with Crippen molar-refractivity contribution in [3.63, 3.8) is 0 Å². The van der Waals surface area contributed by atoms with E-state index in [9.17, 15) is 0 Å². The largest absolute Gasteiger partial charge is 0.477 e. The summed E-state index contributed by atoms with van der Waals surface area (Å²) >= 11 is 0. The average molecular weight is 283 g/mol. The minimum absolute atomic E-state index is 0.580. The molecule has 1 aromatic heterocycles. The maximum absolute atomic E-state index is 5.61. The zero-order valence-corrected chi connectivity index (χ0v) is 12.6. The molecule has 0 saturated carbocycles. The van der Waals surface area contributed by atoms with E-state index in [-0.39, 0.29) is 0 Å². The second-order valence-electron chi connectivity index (χ2n) is 4.37. The van der Waals surface area contributed by atoms with Gasteiger partial charge < -0.3 is 19.5 Å². The maximum atomic E-state index is 5.61. The van der Waals surface area contributed by atoms with Gasteiger partial charge in [-0.25, -0.2) is 4.98 Å². The van der Waals surface area contributed by atoms with Crippen LogP contribution in [0.1, 0.15) is 25.6 Å². The summed E-state index contributed by atoms with van der Waals surface area (Å²) in [6.45, 7) is 7.35. The highest BCUT2D eigenvalue weighted by molar-refractivity contribution is 5.38. The van der Waals surface area contributed by atoms with E-state index in [0.717, 1.165) is 25.2 Å². The molecule has 1 heterocycles. The molecule has 0 aliphatic heterocycles. The van der Waals surface area contributed by atoms with Gasteiger partial charge in [0.2, 0.25) is 5.88 Å². The molecule has 0 aromatic carbocycles. The summed E-state index contributed by atoms with van der Waals surface area (Å²) in [5, 5.41) is 3.23. The molecular formula is C14H25N3O3. The van der Waals surface area contributed by atoms with Gasteiger partial charge in [-0.1, -0.05) is 6.92 Å². The Hall–Kier alpha value is -1.40. The molecular weight excluding hydrogens is 258 g/mol. The van der Waals surface area contributed by atoms with Crippen molar-refractivity contribution in [2.75, 3.05) is 45.4 Å². The first-order chi connectivity index (χ1) is 9.76. The van der Waals surface area contributed by atoms with Crippen LogP contribution >= 0.6 is 0 Å². The SMILES string of the molecule is CCCNc1cc(OCCCOCCOC)nc(C)n1. The molecule has 1 N–H and O–H groups in total. The molecule has 0 saturated heterocycles. The molecule has 6 heteroatoms. The fourth-order valence-corrected chi connectivity index (χ4v) is 1.54. The van der Waals surface area contributed by atoms with Gasteiger partial charge in [-0.2, -0.15) is 4.98 Å². The Morgan fingerprint density at radius 3 is 2.75 bits per heavy atom. The van der Waals surface area contributed by atoms with Crippen LogP contribution < -0.4 is 10.1 Å². The molecule has 20 heavy (non-hydrogen) atoms. The summed E-state index contributed by atoms with van der Waals surface area (Å²) in [5.74, 6) is 2.12. The summed E-state index contributed by atoms with van der Waals surface area (Å²) in [6.07, 6.45) is 1.88. The maximum Gasteiger partial charge on any atom is 0.218 e. The summed E-state index contributed by atoms with van der Waals surface area (Å²) in [5.41, 5.74) is 0. The van der Waals surface area contributed by atoms with Gasteiger partial charge in [0, 0.05) is 32.7 Å². The second kappa shape index (κ2) is 10.4. The standard InChI is InChI=1S/C14H25N3O3/c1-4-6-15-13-11-14(17-12(2)16-13)20-8-5-7-19-10-9-18-3/h11H,4-10H2,1-3H3,(H,15,16,17). The van der Waals surface area contributed by atoms with Crippen molar-refractivity contribution in [3.05, 3.63) is 11.9 Å². The average Bonchev–Trinajstić information content (AvgIpc) is 2.43. The van der Waals surface area contributed by atoms with E-state index >= 15 is 0 Å². The van der Waals surface area contributed by atoms with E-state index in [4.69, 9.17) is 14.2 Å². The molecule has 6 nitrogen and oxygen atoms in total. The minimum atomic E-state index is 0.580. The molecule has 1 rings (SSSR count). The Morgan fingerprint density at radius 1 is 1.15 bits per heavy atom. The van der Waals surface area contributed by atoms with Gasteiger partial charge in [0.25, 0.3) is 0 Å². The third kappa shape index (κ3) is 7.25. The Bertz CT molecular complexity index is 375. The van der Waals surface area contributed by atoms with Crippen LogP contribution in [0.25, 0.3) is 0 Å². The van der Waals surface area contributed by atoms with Crippen LogP contribution in [-0.4, -0.2) is 50.1 Å². The topological polar surface area (TPSA) is 65.5 Å². The first kappa shape index (κ1) is 16.7. The van der Waals surface area contributed by atoms with Crippen LogP contribution in [0.3, 0.4) is 0 Å². The van der Waals surface area contributed by atoms with E-state index in [1.54, 1.807) is 7.11 Å². The molecule has 1 aromatic rings. The number of aromatic nitrogens is 2. The number of anilines is 1. The van der Waals surface area contributed by atoms with E-state index in [1.807, 2.05) is 13.0 Å². The van der Waals surface area contributed by atoms with Crippen molar-refractivity contribution in [1.82, 2.24) is 9.97 Å². The first-order valence-corrected chi connectivity index (χ1v) is 7.05. The predicted molar refractivity (Wildman–Crippen MR) is 78.4 cm³/mol.